The molecule has 1 heterocycles. The Morgan fingerprint density at radius 1 is 1.26 bits per heavy atom. The number of non-ortho nitro benzene ring substituents is 1. The van der Waals surface area contributed by atoms with Crippen molar-refractivity contribution in [2.24, 2.45) is 0 Å². The molecule has 118 valence electrons. The fourth-order valence-electron chi connectivity index (χ4n) is 1.93. The average Bonchev–Trinajstić information content (AvgIpc) is 2.55. The van der Waals surface area contributed by atoms with Gasteiger partial charge in [-0.1, -0.05) is 12.1 Å². The molecule has 0 aliphatic carbocycles. The van der Waals surface area contributed by atoms with Gasteiger partial charge in [0.05, 0.1) is 10.5 Å². The topological polar surface area (TPSA) is 122 Å². The number of carboxylic acids is 1. The van der Waals surface area contributed by atoms with Crippen LogP contribution in [0.2, 0.25) is 0 Å². The van der Waals surface area contributed by atoms with Crippen molar-refractivity contribution in [1.82, 2.24) is 10.3 Å². The average molecular weight is 315 g/mol. The van der Waals surface area contributed by atoms with E-state index < -0.39 is 22.8 Å². The summed E-state index contributed by atoms with van der Waals surface area (Å²) < 4.78 is 0. The number of nitrogens with zero attached hydrogens (tertiary/aromatic N) is 2. The number of carbonyl (C=O) groups excluding carboxylic acids is 1. The quantitative estimate of drug-likeness (QED) is 0.614. The molecular formula is C15H13N3O5. The summed E-state index contributed by atoms with van der Waals surface area (Å²) in [6.07, 6.45) is 2.85. The summed E-state index contributed by atoms with van der Waals surface area (Å²) >= 11 is 0. The highest BCUT2D eigenvalue weighted by atomic mass is 16.6. The molecule has 1 aromatic heterocycles. The standard InChI is InChI=1S/C15H13N3O5/c19-14(11-2-1-7-16-9-11)17-13(15(20)21)8-10-3-5-12(6-4-10)18(22)23/h1-7,9,13H,8H2,(H,17,19)(H,20,21)/t13-/m1/s1. The number of benzene rings is 1. The minimum absolute atomic E-state index is 0.0132. The van der Waals surface area contributed by atoms with Gasteiger partial charge in [-0.05, 0) is 17.7 Å². The Hall–Kier alpha value is -3.29. The predicted octanol–water partition coefficient (Wildman–Crippen LogP) is 1.42. The van der Waals surface area contributed by atoms with Crippen LogP contribution in [-0.4, -0.2) is 32.9 Å². The highest BCUT2D eigenvalue weighted by Crippen LogP contribution is 2.13. The second-order valence-corrected chi connectivity index (χ2v) is 4.73. The van der Waals surface area contributed by atoms with Crippen LogP contribution in [0, 0.1) is 10.1 Å². The number of nitrogens with one attached hydrogen (secondary N) is 1. The van der Waals surface area contributed by atoms with E-state index >= 15 is 0 Å². The number of aromatic nitrogens is 1. The van der Waals surface area contributed by atoms with Crippen LogP contribution in [0.25, 0.3) is 0 Å². The minimum Gasteiger partial charge on any atom is -0.480 e. The van der Waals surface area contributed by atoms with Crippen molar-refractivity contribution in [2.45, 2.75) is 12.5 Å². The molecule has 0 saturated carbocycles. The van der Waals surface area contributed by atoms with Crippen molar-refractivity contribution in [1.29, 1.82) is 0 Å². The van der Waals surface area contributed by atoms with Crippen molar-refractivity contribution in [2.75, 3.05) is 0 Å². The molecule has 0 fully saturated rings. The molecule has 8 heteroatoms. The normalized spacial score (nSPS) is 11.5. The fourth-order valence-corrected chi connectivity index (χ4v) is 1.93. The Labute approximate surface area is 130 Å². The van der Waals surface area contributed by atoms with Gasteiger partial charge in [0.1, 0.15) is 6.04 Å². The van der Waals surface area contributed by atoms with Crippen LogP contribution in [0.15, 0.2) is 48.8 Å². The van der Waals surface area contributed by atoms with E-state index in [1.807, 2.05) is 0 Å². The van der Waals surface area contributed by atoms with E-state index in [4.69, 9.17) is 0 Å². The SMILES string of the molecule is O=C(N[C@H](Cc1ccc([N+](=O)[O-])cc1)C(=O)O)c1cccnc1. The lowest BCUT2D eigenvalue weighted by molar-refractivity contribution is -0.384. The molecule has 1 amide bonds. The number of carboxylic acid groups (broad SMARTS) is 1. The zero-order valence-corrected chi connectivity index (χ0v) is 11.9. The number of rotatable bonds is 6. The fraction of sp³-hybridized carbons (Fsp3) is 0.133. The Kier molecular flexibility index (Phi) is 4.98. The van der Waals surface area contributed by atoms with E-state index in [-0.39, 0.29) is 17.7 Å². The number of aliphatic carboxylic acids is 1. The molecule has 0 unspecified atom stereocenters. The molecule has 0 radical (unpaired) electrons. The number of carbonyl (C=O) groups is 2. The number of hydrogen-bond donors (Lipinski definition) is 2. The molecule has 23 heavy (non-hydrogen) atoms. The van der Waals surface area contributed by atoms with E-state index in [0.29, 0.717) is 5.56 Å². The van der Waals surface area contributed by atoms with Crippen molar-refractivity contribution in [3.05, 3.63) is 70.0 Å². The van der Waals surface area contributed by atoms with E-state index in [2.05, 4.69) is 10.3 Å². The second-order valence-electron chi connectivity index (χ2n) is 4.73. The molecule has 0 saturated heterocycles. The smallest absolute Gasteiger partial charge is 0.326 e. The first kappa shape index (κ1) is 16.1. The number of nitro benzene ring substituents is 1. The Balaban J connectivity index is 2.08. The van der Waals surface area contributed by atoms with Gasteiger partial charge >= 0.3 is 5.97 Å². The van der Waals surface area contributed by atoms with Crippen molar-refractivity contribution in [3.8, 4) is 0 Å². The lowest BCUT2D eigenvalue weighted by Gasteiger charge is -2.14. The van der Waals surface area contributed by atoms with Crippen molar-refractivity contribution >= 4 is 17.6 Å². The lowest BCUT2D eigenvalue weighted by Crippen LogP contribution is -2.42. The Morgan fingerprint density at radius 3 is 2.48 bits per heavy atom. The summed E-state index contributed by atoms with van der Waals surface area (Å²) in [6, 6.07) is 7.45. The largest absolute Gasteiger partial charge is 0.480 e. The van der Waals surface area contributed by atoms with Gasteiger partial charge in [-0.25, -0.2) is 4.79 Å². The van der Waals surface area contributed by atoms with Gasteiger partial charge < -0.3 is 10.4 Å². The van der Waals surface area contributed by atoms with Gasteiger partial charge in [-0.2, -0.15) is 0 Å². The molecule has 8 nitrogen and oxygen atoms in total. The highest BCUT2D eigenvalue weighted by molar-refractivity contribution is 5.96. The molecule has 0 aliphatic heterocycles. The maximum Gasteiger partial charge on any atom is 0.326 e. The highest BCUT2D eigenvalue weighted by Gasteiger charge is 2.21. The first-order valence-electron chi connectivity index (χ1n) is 6.64. The molecule has 2 N–H and O–H groups in total. The van der Waals surface area contributed by atoms with E-state index in [0.717, 1.165) is 0 Å². The van der Waals surface area contributed by atoms with Crippen LogP contribution < -0.4 is 5.32 Å². The molecule has 0 aliphatic rings. The third-order valence-electron chi connectivity index (χ3n) is 3.11. The zero-order chi connectivity index (χ0) is 16.8. The predicted molar refractivity (Wildman–Crippen MR) is 79.9 cm³/mol. The van der Waals surface area contributed by atoms with Gasteiger partial charge in [-0.3, -0.25) is 19.9 Å². The molecular weight excluding hydrogens is 302 g/mol. The molecule has 1 aromatic carbocycles. The first-order valence-corrected chi connectivity index (χ1v) is 6.64. The lowest BCUT2D eigenvalue weighted by atomic mass is 10.1. The summed E-state index contributed by atoms with van der Waals surface area (Å²) in [5.41, 5.74) is 0.733. The second kappa shape index (κ2) is 7.12. The van der Waals surface area contributed by atoms with Crippen LogP contribution in [-0.2, 0) is 11.2 Å². The summed E-state index contributed by atoms with van der Waals surface area (Å²) in [7, 11) is 0. The molecule has 0 bridgehead atoms. The summed E-state index contributed by atoms with van der Waals surface area (Å²) in [6.45, 7) is 0. The minimum atomic E-state index is -1.19. The van der Waals surface area contributed by atoms with E-state index in [1.54, 1.807) is 6.07 Å². The number of nitro groups is 1. The third-order valence-corrected chi connectivity index (χ3v) is 3.11. The Morgan fingerprint density at radius 2 is 1.96 bits per heavy atom. The van der Waals surface area contributed by atoms with Gasteiger partial charge in [0.2, 0.25) is 0 Å². The number of pyridine rings is 1. The zero-order valence-electron chi connectivity index (χ0n) is 11.9. The summed E-state index contributed by atoms with van der Waals surface area (Å²) in [5, 5.41) is 22.2. The third kappa shape index (κ3) is 4.34. The van der Waals surface area contributed by atoms with E-state index in [1.165, 1.54) is 42.7 Å². The van der Waals surface area contributed by atoms with Gasteiger partial charge in [-0.15, -0.1) is 0 Å². The van der Waals surface area contributed by atoms with Crippen LogP contribution in [0.3, 0.4) is 0 Å². The molecule has 2 rings (SSSR count). The van der Waals surface area contributed by atoms with Gasteiger partial charge in [0.15, 0.2) is 0 Å². The number of amides is 1. The van der Waals surface area contributed by atoms with Crippen molar-refractivity contribution in [3.63, 3.8) is 0 Å². The van der Waals surface area contributed by atoms with Crippen LogP contribution in [0.1, 0.15) is 15.9 Å². The first-order chi connectivity index (χ1) is 11.0. The number of hydrogen-bond acceptors (Lipinski definition) is 5. The monoisotopic (exact) mass is 315 g/mol. The Bertz CT molecular complexity index is 716. The maximum atomic E-state index is 12.0. The van der Waals surface area contributed by atoms with Crippen molar-refractivity contribution < 1.29 is 19.6 Å². The maximum absolute atomic E-state index is 12.0. The molecule has 2 aromatic rings. The van der Waals surface area contributed by atoms with E-state index in [9.17, 15) is 24.8 Å². The summed E-state index contributed by atoms with van der Waals surface area (Å²) in [4.78, 5) is 37.1. The van der Waals surface area contributed by atoms with Gasteiger partial charge in [0, 0.05) is 30.9 Å². The van der Waals surface area contributed by atoms with Crippen LogP contribution in [0.5, 0.6) is 0 Å². The van der Waals surface area contributed by atoms with Crippen LogP contribution in [0.4, 0.5) is 5.69 Å². The molecule has 1 atom stereocenters. The summed E-state index contributed by atoms with van der Waals surface area (Å²) in [5.74, 6) is -1.74. The molecule has 0 spiro atoms. The van der Waals surface area contributed by atoms with Crippen LogP contribution >= 0.6 is 0 Å². The van der Waals surface area contributed by atoms with Gasteiger partial charge in [0.25, 0.3) is 11.6 Å².